The average molecular weight is 477 g/mol. The smallest absolute Gasteiger partial charge is 0.416 e. The molecule has 0 heterocycles. The predicted molar refractivity (Wildman–Crippen MR) is 104 cm³/mol. The van der Waals surface area contributed by atoms with Crippen molar-refractivity contribution >= 4 is 34.2 Å². The lowest BCUT2D eigenvalue weighted by atomic mass is 9.87. The van der Waals surface area contributed by atoms with Crippen LogP contribution >= 0.6 is 22.6 Å². The van der Waals surface area contributed by atoms with Crippen LogP contribution in [-0.2, 0) is 16.4 Å². The molecular weight excluding hydrogens is 458 g/mol. The summed E-state index contributed by atoms with van der Waals surface area (Å²) >= 11 is 2.08. The number of benzene rings is 2. The van der Waals surface area contributed by atoms with E-state index in [-0.39, 0.29) is 16.9 Å². The maximum absolute atomic E-state index is 13.0. The van der Waals surface area contributed by atoms with Gasteiger partial charge >= 0.3 is 6.18 Å². The standard InChI is InChI=1S/C19H19F3INO2/c1-11(25)24-15-7-5-13(19(20,21)22)10-17(15)26-16-8-6-12(9-14(16)23)18(2,3)4/h5-10H,1-4H3,(H,24,25). The van der Waals surface area contributed by atoms with Crippen molar-refractivity contribution in [2.45, 2.75) is 39.3 Å². The molecule has 1 N–H and O–H groups in total. The second kappa shape index (κ2) is 7.46. The summed E-state index contributed by atoms with van der Waals surface area (Å²) in [6.07, 6.45) is -4.50. The van der Waals surface area contributed by atoms with Crippen LogP contribution in [0.15, 0.2) is 36.4 Å². The van der Waals surface area contributed by atoms with Gasteiger partial charge in [-0.2, -0.15) is 13.2 Å². The second-order valence-electron chi connectivity index (χ2n) is 6.89. The van der Waals surface area contributed by atoms with Crippen molar-refractivity contribution in [3.63, 3.8) is 0 Å². The van der Waals surface area contributed by atoms with E-state index < -0.39 is 17.6 Å². The van der Waals surface area contributed by atoms with Gasteiger partial charge in [-0.15, -0.1) is 0 Å². The van der Waals surface area contributed by atoms with Gasteiger partial charge in [-0.3, -0.25) is 4.79 Å². The molecule has 0 aliphatic heterocycles. The second-order valence-corrected chi connectivity index (χ2v) is 8.05. The van der Waals surface area contributed by atoms with Gasteiger partial charge in [0.15, 0.2) is 5.75 Å². The molecule has 0 saturated heterocycles. The fourth-order valence-corrected chi connectivity index (χ4v) is 2.87. The summed E-state index contributed by atoms with van der Waals surface area (Å²) in [5.41, 5.74) is 0.361. The van der Waals surface area contributed by atoms with Gasteiger partial charge in [-0.1, -0.05) is 26.8 Å². The Bertz CT molecular complexity index is 827. The van der Waals surface area contributed by atoms with Crippen LogP contribution in [0.1, 0.15) is 38.8 Å². The molecule has 0 atom stereocenters. The molecule has 7 heteroatoms. The molecule has 2 aromatic rings. The Kier molecular flexibility index (Phi) is 5.89. The number of hydrogen-bond acceptors (Lipinski definition) is 2. The van der Waals surface area contributed by atoms with Crippen LogP contribution in [0.5, 0.6) is 11.5 Å². The molecular formula is C19H19F3INO2. The highest BCUT2D eigenvalue weighted by Gasteiger charge is 2.31. The van der Waals surface area contributed by atoms with Crippen LogP contribution in [0.25, 0.3) is 0 Å². The van der Waals surface area contributed by atoms with E-state index in [2.05, 4.69) is 48.7 Å². The number of nitrogens with one attached hydrogen (secondary N) is 1. The highest BCUT2D eigenvalue weighted by Crippen LogP contribution is 2.39. The largest absolute Gasteiger partial charge is 0.454 e. The molecule has 0 bridgehead atoms. The van der Waals surface area contributed by atoms with E-state index in [0.29, 0.717) is 5.75 Å². The summed E-state index contributed by atoms with van der Waals surface area (Å²) in [4.78, 5) is 11.3. The zero-order chi connectivity index (χ0) is 19.7. The van der Waals surface area contributed by atoms with E-state index >= 15 is 0 Å². The first kappa shape index (κ1) is 20.5. The van der Waals surface area contributed by atoms with Crippen molar-refractivity contribution in [1.29, 1.82) is 0 Å². The number of amides is 1. The minimum atomic E-state index is -4.50. The van der Waals surface area contributed by atoms with Gasteiger partial charge in [0, 0.05) is 6.92 Å². The maximum Gasteiger partial charge on any atom is 0.416 e. The third-order valence-corrected chi connectivity index (χ3v) is 4.48. The normalized spacial score (nSPS) is 12.0. The summed E-state index contributed by atoms with van der Waals surface area (Å²) in [7, 11) is 0. The number of ether oxygens (including phenoxy) is 1. The quantitative estimate of drug-likeness (QED) is 0.523. The zero-order valence-electron chi connectivity index (χ0n) is 14.8. The van der Waals surface area contributed by atoms with E-state index in [9.17, 15) is 18.0 Å². The molecule has 140 valence electrons. The SMILES string of the molecule is CC(=O)Nc1ccc(C(F)(F)F)cc1Oc1ccc(C(C)(C)C)cc1I. The van der Waals surface area contributed by atoms with Crippen LogP contribution in [0.4, 0.5) is 18.9 Å². The number of carbonyl (C=O) groups excluding carboxylic acids is 1. The molecule has 2 rings (SSSR count). The molecule has 0 spiro atoms. The Morgan fingerprint density at radius 1 is 1.00 bits per heavy atom. The fourth-order valence-electron chi connectivity index (χ4n) is 2.24. The van der Waals surface area contributed by atoms with Crippen molar-refractivity contribution < 1.29 is 22.7 Å². The molecule has 1 amide bonds. The highest BCUT2D eigenvalue weighted by atomic mass is 127. The highest BCUT2D eigenvalue weighted by molar-refractivity contribution is 14.1. The first-order valence-corrected chi connectivity index (χ1v) is 8.92. The van der Waals surface area contributed by atoms with E-state index in [0.717, 1.165) is 21.3 Å². The van der Waals surface area contributed by atoms with Gasteiger partial charge in [0.2, 0.25) is 5.91 Å². The van der Waals surface area contributed by atoms with Crippen LogP contribution in [-0.4, -0.2) is 5.91 Å². The van der Waals surface area contributed by atoms with Crippen LogP contribution in [0, 0.1) is 3.57 Å². The predicted octanol–water partition coefficient (Wildman–Crippen LogP) is 6.36. The first-order valence-electron chi connectivity index (χ1n) is 7.84. The number of rotatable bonds is 3. The Hall–Kier alpha value is -1.77. The minimum absolute atomic E-state index is 0.0588. The van der Waals surface area contributed by atoms with Crippen LogP contribution in [0.3, 0.4) is 0 Å². The van der Waals surface area contributed by atoms with Crippen LogP contribution in [0.2, 0.25) is 0 Å². The molecule has 0 aromatic heterocycles. The van der Waals surface area contributed by atoms with E-state index in [1.54, 1.807) is 6.07 Å². The average Bonchev–Trinajstić information content (AvgIpc) is 2.48. The van der Waals surface area contributed by atoms with Gasteiger partial charge < -0.3 is 10.1 Å². The van der Waals surface area contributed by atoms with Gasteiger partial charge in [0.25, 0.3) is 0 Å². The van der Waals surface area contributed by atoms with Crippen molar-refractivity contribution in [3.05, 3.63) is 51.1 Å². The fraction of sp³-hybridized carbons (Fsp3) is 0.316. The summed E-state index contributed by atoms with van der Waals surface area (Å²) in [6, 6.07) is 8.52. The number of hydrogen-bond donors (Lipinski definition) is 1. The lowest BCUT2D eigenvalue weighted by Gasteiger charge is -2.21. The zero-order valence-corrected chi connectivity index (χ0v) is 16.9. The molecule has 0 fully saturated rings. The maximum atomic E-state index is 13.0. The van der Waals surface area contributed by atoms with Crippen molar-refractivity contribution in [1.82, 2.24) is 0 Å². The lowest BCUT2D eigenvalue weighted by molar-refractivity contribution is -0.137. The van der Waals surface area contributed by atoms with E-state index in [1.807, 2.05) is 12.1 Å². The minimum Gasteiger partial charge on any atom is -0.454 e. The van der Waals surface area contributed by atoms with E-state index in [4.69, 9.17) is 4.74 Å². The summed E-state index contributed by atoms with van der Waals surface area (Å²) in [6.45, 7) is 7.49. The topological polar surface area (TPSA) is 38.3 Å². The molecule has 0 aliphatic rings. The molecule has 0 unspecified atom stereocenters. The third-order valence-electron chi connectivity index (χ3n) is 3.64. The summed E-state index contributed by atoms with van der Waals surface area (Å²) in [5, 5.41) is 2.49. The first-order chi connectivity index (χ1) is 11.9. The summed E-state index contributed by atoms with van der Waals surface area (Å²) < 4.78 is 45.5. The molecule has 0 aliphatic carbocycles. The Balaban J connectivity index is 2.45. The molecule has 3 nitrogen and oxygen atoms in total. The Labute approximate surface area is 164 Å². The molecule has 2 aromatic carbocycles. The van der Waals surface area contributed by atoms with E-state index in [1.165, 1.54) is 13.0 Å². The Morgan fingerprint density at radius 2 is 1.62 bits per heavy atom. The van der Waals surface area contributed by atoms with Gasteiger partial charge in [0.1, 0.15) is 5.75 Å². The van der Waals surface area contributed by atoms with Crippen LogP contribution < -0.4 is 10.1 Å². The van der Waals surface area contributed by atoms with Crippen molar-refractivity contribution in [2.75, 3.05) is 5.32 Å². The Morgan fingerprint density at radius 3 is 2.12 bits per heavy atom. The third kappa shape index (κ3) is 5.12. The molecule has 0 saturated carbocycles. The number of carbonyl (C=O) groups is 1. The summed E-state index contributed by atoms with van der Waals surface area (Å²) in [5.74, 6) is -0.0339. The lowest BCUT2D eigenvalue weighted by Crippen LogP contribution is -2.11. The van der Waals surface area contributed by atoms with Crippen molar-refractivity contribution in [3.8, 4) is 11.5 Å². The molecule has 26 heavy (non-hydrogen) atoms. The van der Waals surface area contributed by atoms with Crippen molar-refractivity contribution in [2.24, 2.45) is 0 Å². The molecule has 0 radical (unpaired) electrons. The number of alkyl halides is 3. The van der Waals surface area contributed by atoms with Gasteiger partial charge in [-0.05, 0) is 63.9 Å². The van der Waals surface area contributed by atoms with Gasteiger partial charge in [-0.25, -0.2) is 0 Å². The monoisotopic (exact) mass is 477 g/mol. The number of halogens is 4. The number of anilines is 1. The van der Waals surface area contributed by atoms with Gasteiger partial charge in [0.05, 0.1) is 14.8 Å².